The van der Waals surface area contributed by atoms with E-state index in [2.05, 4.69) is 0 Å². The smallest absolute Gasteiger partial charge is 0.289 e. The molecule has 2 amide bonds. The SMILES string of the molecule is CCN(CC)C(=O)C1CCN(C(=O)c2ccc(-c3ccccc3Cl)o2)CC1. The number of nitrogens with zero attached hydrogens (tertiary/aromatic N) is 2. The van der Waals surface area contributed by atoms with Gasteiger partial charge in [-0.25, -0.2) is 0 Å². The molecule has 6 heteroatoms. The van der Waals surface area contributed by atoms with Crippen molar-refractivity contribution in [3.8, 4) is 11.3 Å². The Kier molecular flexibility index (Phi) is 6.22. The van der Waals surface area contributed by atoms with Crippen LogP contribution in [0.3, 0.4) is 0 Å². The Morgan fingerprint density at radius 1 is 1.11 bits per heavy atom. The van der Waals surface area contributed by atoms with Crippen LogP contribution in [0.1, 0.15) is 37.2 Å². The van der Waals surface area contributed by atoms with Gasteiger partial charge in [-0.15, -0.1) is 0 Å². The van der Waals surface area contributed by atoms with Crippen LogP contribution in [0.4, 0.5) is 0 Å². The second-order valence-corrected chi connectivity index (χ2v) is 7.13. The molecule has 1 aliphatic rings. The van der Waals surface area contributed by atoms with Crippen molar-refractivity contribution in [2.45, 2.75) is 26.7 Å². The number of rotatable bonds is 5. The topological polar surface area (TPSA) is 53.8 Å². The average Bonchev–Trinajstić information content (AvgIpc) is 3.18. The van der Waals surface area contributed by atoms with Crippen LogP contribution in [0.5, 0.6) is 0 Å². The van der Waals surface area contributed by atoms with E-state index in [4.69, 9.17) is 16.0 Å². The highest BCUT2D eigenvalue weighted by Crippen LogP contribution is 2.30. The van der Waals surface area contributed by atoms with E-state index in [1.165, 1.54) is 0 Å². The van der Waals surface area contributed by atoms with E-state index in [9.17, 15) is 9.59 Å². The van der Waals surface area contributed by atoms with Gasteiger partial charge < -0.3 is 14.2 Å². The number of furan rings is 1. The summed E-state index contributed by atoms with van der Waals surface area (Å²) in [6, 6.07) is 10.8. The lowest BCUT2D eigenvalue weighted by Gasteiger charge is -2.33. The van der Waals surface area contributed by atoms with Gasteiger partial charge in [-0.1, -0.05) is 23.7 Å². The minimum absolute atomic E-state index is 0.00392. The summed E-state index contributed by atoms with van der Waals surface area (Å²) < 4.78 is 5.76. The van der Waals surface area contributed by atoms with Crippen LogP contribution in [0.15, 0.2) is 40.8 Å². The molecule has 27 heavy (non-hydrogen) atoms. The van der Waals surface area contributed by atoms with Gasteiger partial charge in [0.05, 0.1) is 5.02 Å². The van der Waals surface area contributed by atoms with Gasteiger partial charge >= 0.3 is 0 Å². The second-order valence-electron chi connectivity index (χ2n) is 6.72. The summed E-state index contributed by atoms with van der Waals surface area (Å²) in [7, 11) is 0. The van der Waals surface area contributed by atoms with E-state index in [1.807, 2.05) is 36.9 Å². The fraction of sp³-hybridized carbons (Fsp3) is 0.429. The van der Waals surface area contributed by atoms with Crippen molar-refractivity contribution in [1.82, 2.24) is 9.80 Å². The number of benzene rings is 1. The quantitative estimate of drug-likeness (QED) is 0.766. The Labute approximate surface area is 164 Å². The number of hydrogen-bond donors (Lipinski definition) is 0. The van der Waals surface area contributed by atoms with Crippen molar-refractivity contribution < 1.29 is 14.0 Å². The van der Waals surface area contributed by atoms with E-state index < -0.39 is 0 Å². The number of piperidine rings is 1. The molecule has 1 aliphatic heterocycles. The minimum atomic E-state index is -0.137. The zero-order chi connectivity index (χ0) is 19.4. The Hall–Kier alpha value is -2.27. The number of amides is 2. The minimum Gasteiger partial charge on any atom is -0.451 e. The third kappa shape index (κ3) is 4.19. The molecule has 1 aromatic carbocycles. The molecule has 0 spiro atoms. The summed E-state index contributed by atoms with van der Waals surface area (Å²) in [5.74, 6) is 0.950. The van der Waals surface area contributed by atoms with Crippen LogP contribution in [-0.4, -0.2) is 47.8 Å². The molecule has 3 rings (SSSR count). The second kappa shape index (κ2) is 8.61. The summed E-state index contributed by atoms with van der Waals surface area (Å²) in [5, 5.41) is 0.585. The molecule has 0 aliphatic carbocycles. The Bertz CT molecular complexity index is 805. The highest BCUT2D eigenvalue weighted by molar-refractivity contribution is 6.33. The van der Waals surface area contributed by atoms with Crippen molar-refractivity contribution in [1.29, 1.82) is 0 Å². The average molecular weight is 389 g/mol. The van der Waals surface area contributed by atoms with Crippen LogP contribution in [0, 0.1) is 5.92 Å². The summed E-state index contributed by atoms with van der Waals surface area (Å²) in [6.45, 7) is 6.58. The van der Waals surface area contributed by atoms with Crippen molar-refractivity contribution in [3.63, 3.8) is 0 Å². The Morgan fingerprint density at radius 3 is 2.41 bits per heavy atom. The van der Waals surface area contributed by atoms with Gasteiger partial charge in [0.1, 0.15) is 5.76 Å². The molecule has 1 aromatic heterocycles. The van der Waals surface area contributed by atoms with Gasteiger partial charge in [0, 0.05) is 37.7 Å². The summed E-state index contributed by atoms with van der Waals surface area (Å²) >= 11 is 6.20. The third-order valence-corrected chi connectivity index (χ3v) is 5.49. The van der Waals surface area contributed by atoms with E-state index in [0.29, 0.717) is 42.5 Å². The lowest BCUT2D eigenvalue weighted by Crippen LogP contribution is -2.44. The van der Waals surface area contributed by atoms with Gasteiger partial charge in [0.25, 0.3) is 5.91 Å². The maximum Gasteiger partial charge on any atom is 0.289 e. The summed E-state index contributed by atoms with van der Waals surface area (Å²) in [4.78, 5) is 28.9. The first-order valence-electron chi connectivity index (χ1n) is 9.48. The van der Waals surface area contributed by atoms with Gasteiger partial charge in [-0.3, -0.25) is 9.59 Å². The van der Waals surface area contributed by atoms with Crippen LogP contribution >= 0.6 is 11.6 Å². The molecule has 0 radical (unpaired) electrons. The number of hydrogen-bond acceptors (Lipinski definition) is 3. The summed E-state index contributed by atoms with van der Waals surface area (Å²) in [5.41, 5.74) is 0.766. The van der Waals surface area contributed by atoms with Crippen LogP contribution in [0.2, 0.25) is 5.02 Å². The van der Waals surface area contributed by atoms with E-state index in [-0.39, 0.29) is 17.7 Å². The predicted molar refractivity (Wildman–Crippen MR) is 106 cm³/mol. The van der Waals surface area contributed by atoms with E-state index in [0.717, 1.165) is 18.7 Å². The van der Waals surface area contributed by atoms with E-state index in [1.54, 1.807) is 23.1 Å². The molecule has 2 aromatic rings. The van der Waals surface area contributed by atoms with Crippen LogP contribution < -0.4 is 0 Å². The number of carbonyl (C=O) groups is 2. The molecule has 2 heterocycles. The monoisotopic (exact) mass is 388 g/mol. The molecule has 0 bridgehead atoms. The van der Waals surface area contributed by atoms with Crippen LogP contribution in [0.25, 0.3) is 11.3 Å². The van der Waals surface area contributed by atoms with Gasteiger partial charge in [0.15, 0.2) is 5.76 Å². The van der Waals surface area contributed by atoms with Gasteiger partial charge in [-0.2, -0.15) is 0 Å². The largest absolute Gasteiger partial charge is 0.451 e. The molecule has 0 atom stereocenters. The molecule has 5 nitrogen and oxygen atoms in total. The zero-order valence-corrected chi connectivity index (χ0v) is 16.5. The van der Waals surface area contributed by atoms with Crippen LogP contribution in [-0.2, 0) is 4.79 Å². The normalized spacial score (nSPS) is 15.0. The highest BCUT2D eigenvalue weighted by atomic mass is 35.5. The molecular weight excluding hydrogens is 364 g/mol. The molecule has 0 saturated carbocycles. The van der Waals surface area contributed by atoms with Gasteiger partial charge in [0.2, 0.25) is 5.91 Å². The first-order chi connectivity index (χ1) is 13.0. The number of carbonyl (C=O) groups excluding carboxylic acids is 2. The first-order valence-corrected chi connectivity index (χ1v) is 9.85. The zero-order valence-electron chi connectivity index (χ0n) is 15.8. The Balaban J connectivity index is 1.63. The van der Waals surface area contributed by atoms with Crippen molar-refractivity contribution in [2.24, 2.45) is 5.92 Å². The van der Waals surface area contributed by atoms with E-state index >= 15 is 0 Å². The highest BCUT2D eigenvalue weighted by Gasteiger charge is 2.30. The number of halogens is 1. The van der Waals surface area contributed by atoms with Gasteiger partial charge in [-0.05, 0) is 51.0 Å². The molecular formula is C21H25ClN2O3. The maximum absolute atomic E-state index is 12.8. The fourth-order valence-electron chi connectivity index (χ4n) is 3.54. The fourth-order valence-corrected chi connectivity index (χ4v) is 3.77. The standard InChI is InChI=1S/C21H25ClN2O3/c1-3-23(4-2)20(25)15-11-13-24(14-12-15)21(26)19-10-9-18(27-19)16-7-5-6-8-17(16)22/h5-10,15H,3-4,11-14H2,1-2H3. The molecule has 1 saturated heterocycles. The predicted octanol–water partition coefficient (Wildman–Crippen LogP) is 4.32. The number of likely N-dealkylation sites (tertiary alicyclic amines) is 1. The van der Waals surface area contributed by atoms with Crippen molar-refractivity contribution in [3.05, 3.63) is 47.2 Å². The third-order valence-electron chi connectivity index (χ3n) is 5.16. The molecule has 0 unspecified atom stereocenters. The lowest BCUT2D eigenvalue weighted by atomic mass is 9.95. The van der Waals surface area contributed by atoms with Crippen molar-refractivity contribution in [2.75, 3.05) is 26.2 Å². The summed E-state index contributed by atoms with van der Waals surface area (Å²) in [6.07, 6.45) is 1.39. The maximum atomic E-state index is 12.8. The first kappa shape index (κ1) is 19.5. The Morgan fingerprint density at radius 2 is 1.78 bits per heavy atom. The lowest BCUT2D eigenvalue weighted by molar-refractivity contribution is -0.136. The van der Waals surface area contributed by atoms with Crippen molar-refractivity contribution >= 4 is 23.4 Å². The molecule has 0 N–H and O–H groups in total. The molecule has 1 fully saturated rings. The molecule has 144 valence electrons.